The molecule has 27 nitrogen and oxygen atoms in total. The maximum absolute atomic E-state index is 12.0. The number of nitrogens with zero attached hydrogens (tertiary/aromatic N) is 10. The number of aromatic nitrogens is 7. The summed E-state index contributed by atoms with van der Waals surface area (Å²) in [5, 5.41) is 65.2. The number of H-pyrrole nitrogens is 3. The van der Waals surface area contributed by atoms with Crippen LogP contribution in [-0.4, -0.2) is 152 Å². The van der Waals surface area contributed by atoms with E-state index in [-0.39, 0.29) is 78.2 Å². The molecule has 4 atom stereocenters. The molecule has 0 bridgehead atoms. The van der Waals surface area contributed by atoms with Crippen LogP contribution in [0.4, 0.5) is 0 Å². The van der Waals surface area contributed by atoms with Crippen LogP contribution in [0.25, 0.3) is 61.3 Å². The number of aliphatic hydroxyl groups excluding tert-OH is 4. The van der Waals surface area contributed by atoms with Crippen LogP contribution in [0.1, 0.15) is 159 Å². The molecule has 7 aromatic rings. The third kappa shape index (κ3) is 29.7. The van der Waals surface area contributed by atoms with Gasteiger partial charge in [0.25, 0.3) is 0 Å². The summed E-state index contributed by atoms with van der Waals surface area (Å²) in [5.74, 6) is -6.23. The van der Waals surface area contributed by atoms with Crippen LogP contribution in [0.2, 0.25) is 0 Å². The first-order valence-corrected chi connectivity index (χ1v) is 37.5. The number of aldehydes is 1. The Morgan fingerprint density at radius 1 is 0.363 bits per heavy atom. The van der Waals surface area contributed by atoms with Crippen LogP contribution >= 0.6 is 0 Å². The summed E-state index contributed by atoms with van der Waals surface area (Å²) in [6, 6.07) is 28.0. The van der Waals surface area contributed by atoms with Crippen LogP contribution in [0.15, 0.2) is 240 Å². The smallest absolute Gasteiger partial charge is 1.00 e. The van der Waals surface area contributed by atoms with Crippen molar-refractivity contribution >= 4 is 139 Å². The molecule has 6 aliphatic heterocycles. The molecule has 650 valence electrons. The third-order valence-electron chi connectivity index (χ3n) is 18.6. The molecule has 0 aliphatic carbocycles. The zero-order valence-electron chi connectivity index (χ0n) is 70.8. The first-order valence-electron chi connectivity index (χ1n) is 37.5. The third-order valence-corrected chi connectivity index (χ3v) is 18.6. The molecule has 31 heteroatoms. The van der Waals surface area contributed by atoms with Crippen molar-refractivity contribution < 1.29 is 128 Å². The molecule has 7 aromatic heterocycles. The molecule has 6 aliphatic rings. The zero-order chi connectivity index (χ0) is 87.6. The van der Waals surface area contributed by atoms with E-state index in [0.717, 1.165) is 159 Å². The minimum Gasteiger partial charge on any atom is -1.00 e. The van der Waals surface area contributed by atoms with E-state index in [1.807, 2.05) is 131 Å². The van der Waals surface area contributed by atoms with Gasteiger partial charge in [-0.3, -0.25) is 34.2 Å². The van der Waals surface area contributed by atoms with Gasteiger partial charge in [-0.1, -0.05) is 72.7 Å². The summed E-state index contributed by atoms with van der Waals surface area (Å²) in [6.45, 7) is 32.1. The molecule has 124 heavy (non-hydrogen) atoms. The number of carbonyl (C=O) groups excluding carboxylic acids is 4. The van der Waals surface area contributed by atoms with Gasteiger partial charge in [-0.25, -0.2) is 29.4 Å². The average Bonchev–Trinajstić information content (AvgIpc) is 1.94. The fraction of sp³-hybridized carbons (Fsp3) is 0.237. The predicted octanol–water partition coefficient (Wildman–Crippen LogP) is 3.22. The van der Waals surface area contributed by atoms with Crippen LogP contribution in [0.3, 0.4) is 0 Å². The fourth-order valence-corrected chi connectivity index (χ4v) is 11.2. The second-order valence-electron chi connectivity index (χ2n) is 28.1. The van der Waals surface area contributed by atoms with Gasteiger partial charge in [0.05, 0.1) is 56.9 Å². The number of carbonyl (C=O) groups is 7. The van der Waals surface area contributed by atoms with Gasteiger partial charge in [0.2, 0.25) is 0 Å². The number of aromatic amines is 3. The summed E-state index contributed by atoms with van der Waals surface area (Å²) in [4.78, 5) is 127. The van der Waals surface area contributed by atoms with Crippen molar-refractivity contribution in [2.75, 3.05) is 0 Å². The Bertz CT molecular complexity index is 5970. The molecular formula is C93H101Cl2Mn2N13O14. The number of aliphatic imine (C=N–C) groups is 6. The summed E-state index contributed by atoms with van der Waals surface area (Å²) >= 11 is 0. The van der Waals surface area contributed by atoms with Crippen molar-refractivity contribution in [2.24, 2.45) is 30.0 Å². The molecule has 0 spiro atoms. The number of Topliss-reactive ketones (excluding diaryl/α,β-unsaturated/α-hetero) is 3. The number of carboxylic acids is 3. The number of aliphatic hydroxyl groups is 4. The van der Waals surface area contributed by atoms with E-state index < -0.39 is 59.7 Å². The Hall–Kier alpha value is -12.4. The van der Waals surface area contributed by atoms with Crippen LogP contribution in [0.5, 0.6) is 0 Å². The van der Waals surface area contributed by atoms with Crippen molar-refractivity contribution in [3.63, 3.8) is 0 Å². The number of carboxylic acid groups (broad SMARTS) is 3. The zero-order valence-corrected chi connectivity index (χ0v) is 74.6. The molecule has 0 saturated heterocycles. The van der Waals surface area contributed by atoms with Crippen molar-refractivity contribution in [3.8, 4) is 0 Å². The number of aliphatic carboxylic acids is 3. The van der Waals surface area contributed by atoms with E-state index in [1.54, 1.807) is 24.6 Å². The molecule has 0 amide bonds. The van der Waals surface area contributed by atoms with E-state index in [9.17, 15) is 33.9 Å². The van der Waals surface area contributed by atoms with E-state index in [4.69, 9.17) is 60.4 Å². The molecule has 0 aromatic carbocycles. The Kier molecular flexibility index (Phi) is 44.2. The molecule has 4 unspecified atom stereocenters. The SMILES string of the molecule is C.CC(=C1C=CC=N1)c1ccc(C(C)=C2C=CC(C(C(=O)O)=c3ccc(=C(C)C)[n-]3)=N2)[n-]1.CC(=C1C=CC=N1)c1ccc(C(C)=C2C=CC(C(C)=c3ccc(=C(C)C)[n-]3)=N2)[n-]1.CC(=O)C(O)C(O)C(C)=O.CC(=O)C=O.CC(C)=C1C=CC(C(C)=c2cc/c(=C(\C)c3ccc(/C(C)=C4/C=CC=N4)[nH]3)[nH]2)=N1.O=C(O)C(O)C(O)C(=O)O.[Cl-].[Cl-].[Mn+3].[Mn+3].c1cc[nH]c1. The Labute approximate surface area is 752 Å². The second-order valence-corrected chi connectivity index (χ2v) is 28.1. The van der Waals surface area contributed by atoms with E-state index in [0.29, 0.717) is 16.8 Å². The molecule has 0 radical (unpaired) electrons. The first kappa shape index (κ1) is 108. The van der Waals surface area contributed by atoms with Gasteiger partial charge in [-0.2, -0.15) is 0 Å². The molecular weight excluding hydrogens is 1700 g/mol. The van der Waals surface area contributed by atoms with E-state index in [1.165, 1.54) is 23.6 Å². The molecule has 13 rings (SSSR count). The minimum absolute atomic E-state index is 0. The number of allylic oxidation sites excluding steroid dienone is 18. The van der Waals surface area contributed by atoms with Gasteiger partial charge in [0, 0.05) is 60.0 Å². The quantitative estimate of drug-likeness (QED) is 0.0355. The monoisotopic (exact) mass is 1800 g/mol. The largest absolute Gasteiger partial charge is 3.00 e. The van der Waals surface area contributed by atoms with Gasteiger partial charge >= 0.3 is 52.0 Å². The first-order chi connectivity index (χ1) is 56.4. The van der Waals surface area contributed by atoms with Gasteiger partial charge in [0.15, 0.2) is 35.8 Å². The van der Waals surface area contributed by atoms with Crippen molar-refractivity contribution in [1.29, 1.82) is 0 Å². The van der Waals surface area contributed by atoms with Gasteiger partial charge in [0.1, 0.15) is 12.2 Å². The Morgan fingerprint density at radius 2 is 0.710 bits per heavy atom. The van der Waals surface area contributed by atoms with Crippen LogP contribution in [0, 0.1) is 0 Å². The fourth-order valence-electron chi connectivity index (χ4n) is 11.2. The summed E-state index contributed by atoms with van der Waals surface area (Å²) in [6.07, 6.45) is 25.3. The predicted molar refractivity (Wildman–Crippen MR) is 474 cm³/mol. The number of hydrogen-bond acceptors (Lipinski definition) is 17. The number of rotatable bonds is 17. The second kappa shape index (κ2) is 50.9. The van der Waals surface area contributed by atoms with Crippen LogP contribution in [-0.2, 0) is 67.7 Å². The van der Waals surface area contributed by atoms with Gasteiger partial charge in [-0.15, -0.1) is 44.2 Å². The van der Waals surface area contributed by atoms with Crippen molar-refractivity contribution in [2.45, 2.75) is 150 Å². The minimum atomic E-state index is -2.27. The molecule has 10 N–H and O–H groups in total. The number of ketones is 3. The van der Waals surface area contributed by atoms with Gasteiger partial charge in [-0.05, 0) is 265 Å². The standard InChI is InChI=1S/C25H23N4O2.C25H26N4.C25H24N4.C6H10O4.C4H5N.C4H6O6.C3H4O2.CH4.2ClH.2Mn/c1-14(2)17-7-11-22(27-17)24(25(30)31)23-12-10-21(29-23)16(4)20-9-8-19(28-20)15(3)18-6-5-13-26-18;2*1-15(2)19-8-9-22(27-19)17(4)23-12-13-25(29-23)18(5)24-11-10-21(28-24)16(3)20-7-6-14-26-20;1-3(7)5(9)6(10)4(2)8;1-2-4-5-3-1;5-1(3(7)8)2(6)4(9)10;1-3(5)2-4;;;;;/h5-13H,1-4H3,(H2-,26,27,28,29,30,31);6-14,28-29H,1-5H3;6-14H,1-5H3;5-6,9-10H,1-2H3;1-5H;1-2,5-6H,(H,7,8)(H,9,10);2H,1H3;1H4;2*1H;;/q-1;;-2;;;;;;;;2*+3/p-3/b;20-16-,23-17?,25-18-;;;;;;;;;;. The molecule has 13 heterocycles. The van der Waals surface area contributed by atoms with E-state index >= 15 is 0 Å². The molecule has 0 saturated carbocycles. The maximum Gasteiger partial charge on any atom is 3.00 e. The Balaban J connectivity index is 0.000000530. The Morgan fingerprint density at radius 3 is 1.06 bits per heavy atom. The molecule has 0 fully saturated rings. The number of halogens is 2. The number of hydrogen-bond donors (Lipinski definition) is 10. The average molecular weight is 1810 g/mol. The topological polar surface area (TPSA) is 439 Å². The summed E-state index contributed by atoms with van der Waals surface area (Å²) < 4.78 is 0. The summed E-state index contributed by atoms with van der Waals surface area (Å²) in [5.41, 5.74) is 25.8. The van der Waals surface area contributed by atoms with Crippen molar-refractivity contribution in [3.05, 3.63) is 276 Å². The normalized spacial score (nSPS) is 17.0. The summed E-state index contributed by atoms with van der Waals surface area (Å²) in [7, 11) is 0. The van der Waals surface area contributed by atoms with Crippen molar-refractivity contribution in [1.82, 2.24) is 34.9 Å². The maximum atomic E-state index is 12.0. The van der Waals surface area contributed by atoms with Crippen LogP contribution < -0.4 is 76.8 Å². The van der Waals surface area contributed by atoms with E-state index in [2.05, 4.69) is 170 Å². The number of nitrogens with one attached hydrogen (secondary N) is 3. The van der Waals surface area contributed by atoms with Gasteiger partial charge < -0.3 is 95.4 Å².